The summed E-state index contributed by atoms with van der Waals surface area (Å²) in [5.74, 6) is 0.738. The van der Waals surface area contributed by atoms with Crippen molar-refractivity contribution in [2.75, 3.05) is 26.7 Å². The third-order valence-electron chi connectivity index (χ3n) is 3.22. The van der Waals surface area contributed by atoms with Gasteiger partial charge in [0.1, 0.15) is 0 Å². The Morgan fingerprint density at radius 1 is 1.39 bits per heavy atom. The van der Waals surface area contributed by atoms with Crippen LogP contribution in [-0.4, -0.2) is 45.4 Å². The van der Waals surface area contributed by atoms with Crippen molar-refractivity contribution < 1.29 is 8.42 Å². The smallest absolute Gasteiger partial charge is 0.279 e. The van der Waals surface area contributed by atoms with Gasteiger partial charge in [-0.15, -0.1) is 0 Å². The molecular weight excluding hydrogens is 250 g/mol. The third-order valence-corrected chi connectivity index (χ3v) is 4.92. The molecule has 18 heavy (non-hydrogen) atoms. The number of nitrogens with one attached hydrogen (secondary N) is 2. The van der Waals surface area contributed by atoms with Gasteiger partial charge in [0, 0.05) is 19.6 Å². The summed E-state index contributed by atoms with van der Waals surface area (Å²) in [5, 5.41) is 3.19. The van der Waals surface area contributed by atoms with E-state index in [9.17, 15) is 8.42 Å². The summed E-state index contributed by atoms with van der Waals surface area (Å²) in [4.78, 5) is 0. The minimum atomic E-state index is -3.31. The van der Waals surface area contributed by atoms with Crippen LogP contribution in [0.15, 0.2) is 0 Å². The third kappa shape index (κ3) is 6.13. The first kappa shape index (κ1) is 15.9. The van der Waals surface area contributed by atoms with Gasteiger partial charge in [-0.05, 0) is 38.8 Å². The first-order valence-corrected chi connectivity index (χ1v) is 8.34. The second kappa shape index (κ2) is 7.43. The fraction of sp³-hybridized carbons (Fsp3) is 1.00. The molecular formula is C12H27N3O2S. The van der Waals surface area contributed by atoms with Crippen LogP contribution in [0.25, 0.3) is 0 Å². The molecule has 0 aromatic heterocycles. The van der Waals surface area contributed by atoms with Gasteiger partial charge in [-0.2, -0.15) is 17.4 Å². The van der Waals surface area contributed by atoms with Crippen molar-refractivity contribution in [1.82, 2.24) is 14.3 Å². The van der Waals surface area contributed by atoms with E-state index >= 15 is 0 Å². The first-order valence-electron chi connectivity index (χ1n) is 6.90. The molecule has 108 valence electrons. The van der Waals surface area contributed by atoms with Gasteiger partial charge in [-0.3, -0.25) is 0 Å². The van der Waals surface area contributed by atoms with Crippen molar-refractivity contribution in [2.45, 2.75) is 45.6 Å². The number of rotatable bonds is 10. The summed E-state index contributed by atoms with van der Waals surface area (Å²) in [6.07, 6.45) is 4.31. The van der Waals surface area contributed by atoms with Crippen LogP contribution in [-0.2, 0) is 10.2 Å². The summed E-state index contributed by atoms with van der Waals surface area (Å²) < 4.78 is 28.2. The standard InChI is InChI=1S/C12H27N3O2S/c1-4-13-8-5-9-15(3)18(16,17)14-11(2)10-12-6-7-12/h11-14H,4-10H2,1-3H3. The van der Waals surface area contributed by atoms with E-state index in [0.29, 0.717) is 6.54 Å². The van der Waals surface area contributed by atoms with Crippen LogP contribution < -0.4 is 10.0 Å². The lowest BCUT2D eigenvalue weighted by Gasteiger charge is -2.21. The lowest BCUT2D eigenvalue weighted by Crippen LogP contribution is -2.43. The second-order valence-corrected chi connectivity index (χ2v) is 7.04. The van der Waals surface area contributed by atoms with Gasteiger partial charge in [0.25, 0.3) is 10.2 Å². The minimum Gasteiger partial charge on any atom is -0.317 e. The van der Waals surface area contributed by atoms with E-state index in [0.717, 1.165) is 31.8 Å². The molecule has 1 atom stereocenters. The summed E-state index contributed by atoms with van der Waals surface area (Å²) in [7, 11) is -1.67. The van der Waals surface area contributed by atoms with Crippen LogP contribution in [0, 0.1) is 5.92 Å². The van der Waals surface area contributed by atoms with E-state index in [4.69, 9.17) is 0 Å². The predicted molar refractivity (Wildman–Crippen MR) is 74.6 cm³/mol. The molecule has 1 fully saturated rings. The van der Waals surface area contributed by atoms with Crippen molar-refractivity contribution in [1.29, 1.82) is 0 Å². The lowest BCUT2D eigenvalue weighted by molar-refractivity contribution is 0.432. The van der Waals surface area contributed by atoms with Gasteiger partial charge >= 0.3 is 0 Å². The molecule has 0 aliphatic heterocycles. The Morgan fingerprint density at radius 2 is 2.06 bits per heavy atom. The van der Waals surface area contributed by atoms with Gasteiger partial charge in [-0.1, -0.05) is 19.8 Å². The maximum Gasteiger partial charge on any atom is 0.279 e. The summed E-state index contributed by atoms with van der Waals surface area (Å²) in [5.41, 5.74) is 0. The fourth-order valence-electron chi connectivity index (χ4n) is 1.97. The average molecular weight is 277 g/mol. The van der Waals surface area contributed by atoms with Gasteiger partial charge in [-0.25, -0.2) is 0 Å². The normalized spacial score (nSPS) is 18.2. The molecule has 1 rings (SSSR count). The highest BCUT2D eigenvalue weighted by Gasteiger charge is 2.26. The Balaban J connectivity index is 2.26. The Kier molecular flexibility index (Phi) is 6.55. The predicted octanol–water partition coefficient (Wildman–Crippen LogP) is 0.941. The van der Waals surface area contributed by atoms with Crippen molar-refractivity contribution >= 4 is 10.2 Å². The molecule has 1 aliphatic carbocycles. The molecule has 0 radical (unpaired) electrons. The van der Waals surface area contributed by atoms with Crippen LogP contribution in [0.5, 0.6) is 0 Å². The minimum absolute atomic E-state index is 0.0405. The number of nitrogens with zero attached hydrogens (tertiary/aromatic N) is 1. The van der Waals surface area contributed by atoms with Crippen molar-refractivity contribution in [2.24, 2.45) is 5.92 Å². The quantitative estimate of drug-likeness (QED) is 0.584. The van der Waals surface area contributed by atoms with E-state index in [1.807, 2.05) is 13.8 Å². The van der Waals surface area contributed by atoms with Crippen LogP contribution in [0.4, 0.5) is 0 Å². The zero-order chi connectivity index (χ0) is 13.6. The average Bonchev–Trinajstić information content (AvgIpc) is 3.06. The van der Waals surface area contributed by atoms with Crippen molar-refractivity contribution in [3.8, 4) is 0 Å². The molecule has 1 aliphatic rings. The highest BCUT2D eigenvalue weighted by Crippen LogP contribution is 2.33. The van der Waals surface area contributed by atoms with Gasteiger partial charge in [0.15, 0.2) is 0 Å². The molecule has 1 saturated carbocycles. The maximum atomic E-state index is 12.0. The van der Waals surface area contributed by atoms with Crippen LogP contribution in [0.3, 0.4) is 0 Å². The zero-order valence-corrected chi connectivity index (χ0v) is 12.6. The Labute approximate surface area is 112 Å². The molecule has 6 heteroatoms. The first-order chi connectivity index (χ1) is 8.45. The molecule has 2 N–H and O–H groups in total. The van der Waals surface area contributed by atoms with Gasteiger partial charge in [0.2, 0.25) is 0 Å². The van der Waals surface area contributed by atoms with Gasteiger partial charge < -0.3 is 5.32 Å². The lowest BCUT2D eigenvalue weighted by atomic mass is 10.2. The van der Waals surface area contributed by atoms with Crippen molar-refractivity contribution in [3.05, 3.63) is 0 Å². The molecule has 0 spiro atoms. The zero-order valence-electron chi connectivity index (χ0n) is 11.8. The van der Waals surface area contributed by atoms with E-state index in [1.54, 1.807) is 7.05 Å². The van der Waals surface area contributed by atoms with Crippen LogP contribution >= 0.6 is 0 Å². The summed E-state index contributed by atoms with van der Waals surface area (Å²) >= 11 is 0. The molecule has 5 nitrogen and oxygen atoms in total. The highest BCUT2D eigenvalue weighted by molar-refractivity contribution is 7.87. The molecule has 0 aromatic rings. The molecule has 1 unspecified atom stereocenters. The Bertz CT molecular complexity index is 328. The SMILES string of the molecule is CCNCCCN(C)S(=O)(=O)NC(C)CC1CC1. The van der Waals surface area contributed by atoms with Crippen LogP contribution in [0.1, 0.15) is 39.5 Å². The van der Waals surface area contributed by atoms with E-state index in [-0.39, 0.29) is 6.04 Å². The second-order valence-electron chi connectivity index (χ2n) is 5.23. The maximum absolute atomic E-state index is 12.0. The van der Waals surface area contributed by atoms with Crippen molar-refractivity contribution in [3.63, 3.8) is 0 Å². The fourth-order valence-corrected chi connectivity index (χ4v) is 3.12. The molecule has 0 heterocycles. The summed E-state index contributed by atoms with van der Waals surface area (Å²) in [6, 6.07) is 0.0405. The van der Waals surface area contributed by atoms with Gasteiger partial charge in [0.05, 0.1) is 0 Å². The van der Waals surface area contributed by atoms with Crippen LogP contribution in [0.2, 0.25) is 0 Å². The highest BCUT2D eigenvalue weighted by atomic mass is 32.2. The van der Waals surface area contributed by atoms with E-state index < -0.39 is 10.2 Å². The number of hydrogen-bond donors (Lipinski definition) is 2. The van der Waals surface area contributed by atoms with E-state index in [2.05, 4.69) is 10.0 Å². The number of hydrogen-bond acceptors (Lipinski definition) is 3. The topological polar surface area (TPSA) is 61.4 Å². The molecule has 0 saturated heterocycles. The molecule has 0 bridgehead atoms. The molecule has 0 amide bonds. The Hall–Kier alpha value is -0.170. The summed E-state index contributed by atoms with van der Waals surface area (Å²) in [6.45, 7) is 6.32. The Morgan fingerprint density at radius 3 is 2.61 bits per heavy atom. The van der Waals surface area contributed by atoms with E-state index in [1.165, 1.54) is 17.1 Å². The molecule has 0 aromatic carbocycles. The monoisotopic (exact) mass is 277 g/mol. The largest absolute Gasteiger partial charge is 0.317 e.